The van der Waals surface area contributed by atoms with Crippen LogP contribution >= 0.6 is 11.7 Å². The molecule has 0 saturated carbocycles. The second kappa shape index (κ2) is 7.41. The maximum absolute atomic E-state index is 9.64. The molecule has 0 amide bonds. The second-order valence-corrected chi connectivity index (χ2v) is 4.36. The Hall–Kier alpha value is -0.920. The number of aromatic nitrogens is 2. The van der Waals surface area contributed by atoms with Crippen molar-refractivity contribution in [2.45, 2.75) is 32.9 Å². The third-order valence-electron chi connectivity index (χ3n) is 1.89. The first-order chi connectivity index (χ1) is 8.13. The predicted molar refractivity (Wildman–Crippen MR) is 65.7 cm³/mol. The Morgan fingerprint density at radius 1 is 1.29 bits per heavy atom. The Labute approximate surface area is 105 Å². The molecule has 1 aromatic rings. The topological polar surface area (TPSA) is 76.5 Å². The molecule has 1 atom stereocenters. The Bertz CT molecular complexity index is 319. The van der Waals surface area contributed by atoms with Crippen LogP contribution in [0.3, 0.4) is 0 Å². The average Bonchev–Trinajstić information content (AvgIpc) is 2.71. The molecule has 1 heterocycles. The van der Waals surface area contributed by atoms with Gasteiger partial charge in [0.15, 0.2) is 0 Å². The van der Waals surface area contributed by atoms with Gasteiger partial charge in [-0.05, 0) is 6.92 Å². The van der Waals surface area contributed by atoms with Gasteiger partial charge in [0.1, 0.15) is 12.7 Å². The SMILES string of the molecule is CCOc1nsnc1OC[C@@H](O)CNC(C)C. The molecule has 7 heteroatoms. The van der Waals surface area contributed by atoms with E-state index in [1.54, 1.807) is 0 Å². The standard InChI is InChI=1S/C10H19N3O3S/c1-4-15-9-10(13-17-12-9)16-6-8(14)5-11-7(2)3/h7-8,11,14H,4-6H2,1-3H3/t8-/m0/s1. The molecule has 1 rings (SSSR count). The highest BCUT2D eigenvalue weighted by molar-refractivity contribution is 6.99. The molecule has 0 radical (unpaired) electrons. The Morgan fingerprint density at radius 2 is 1.94 bits per heavy atom. The van der Waals surface area contributed by atoms with E-state index in [2.05, 4.69) is 14.1 Å². The van der Waals surface area contributed by atoms with Gasteiger partial charge in [-0.3, -0.25) is 0 Å². The van der Waals surface area contributed by atoms with Gasteiger partial charge in [-0.15, -0.1) is 8.75 Å². The van der Waals surface area contributed by atoms with Gasteiger partial charge in [-0.25, -0.2) is 0 Å². The van der Waals surface area contributed by atoms with Crippen molar-refractivity contribution in [1.82, 2.24) is 14.1 Å². The summed E-state index contributed by atoms with van der Waals surface area (Å²) in [7, 11) is 0. The van der Waals surface area contributed by atoms with Gasteiger partial charge in [0.05, 0.1) is 18.3 Å². The van der Waals surface area contributed by atoms with Crippen molar-refractivity contribution in [2.75, 3.05) is 19.8 Å². The molecule has 0 spiro atoms. The van der Waals surface area contributed by atoms with Crippen LogP contribution in [-0.4, -0.2) is 45.8 Å². The molecule has 6 nitrogen and oxygen atoms in total. The van der Waals surface area contributed by atoms with E-state index in [1.807, 2.05) is 20.8 Å². The summed E-state index contributed by atoms with van der Waals surface area (Å²) in [5.74, 6) is 0.738. The van der Waals surface area contributed by atoms with E-state index in [1.165, 1.54) is 0 Å². The summed E-state index contributed by atoms with van der Waals surface area (Å²) in [6.07, 6.45) is -0.575. The molecule has 0 aliphatic heterocycles. The molecule has 0 aliphatic rings. The summed E-state index contributed by atoms with van der Waals surface area (Å²) >= 11 is 1.03. The number of ether oxygens (including phenoxy) is 2. The van der Waals surface area contributed by atoms with Gasteiger partial charge in [0, 0.05) is 12.6 Å². The lowest BCUT2D eigenvalue weighted by Gasteiger charge is -2.14. The molecule has 0 bridgehead atoms. The number of hydrogen-bond donors (Lipinski definition) is 2. The minimum absolute atomic E-state index is 0.172. The van der Waals surface area contributed by atoms with Crippen molar-refractivity contribution in [2.24, 2.45) is 0 Å². The van der Waals surface area contributed by atoms with Crippen LogP contribution in [0.4, 0.5) is 0 Å². The number of rotatable bonds is 8. The highest BCUT2D eigenvalue weighted by Crippen LogP contribution is 2.23. The fraction of sp³-hybridized carbons (Fsp3) is 0.800. The first-order valence-corrected chi connectivity index (χ1v) is 6.36. The summed E-state index contributed by atoms with van der Waals surface area (Å²) in [5, 5.41) is 12.8. The van der Waals surface area contributed by atoms with Crippen molar-refractivity contribution < 1.29 is 14.6 Å². The minimum Gasteiger partial charge on any atom is -0.473 e. The van der Waals surface area contributed by atoms with Gasteiger partial charge >= 0.3 is 0 Å². The highest BCUT2D eigenvalue weighted by Gasteiger charge is 2.13. The molecular weight excluding hydrogens is 242 g/mol. The molecule has 0 fully saturated rings. The van der Waals surface area contributed by atoms with E-state index >= 15 is 0 Å². The fourth-order valence-electron chi connectivity index (χ4n) is 1.09. The lowest BCUT2D eigenvalue weighted by molar-refractivity contribution is 0.100. The lowest BCUT2D eigenvalue weighted by Crippen LogP contribution is -2.35. The molecular formula is C10H19N3O3S. The summed E-state index contributed by atoms with van der Waals surface area (Å²) in [6, 6.07) is 0.338. The summed E-state index contributed by atoms with van der Waals surface area (Å²) in [5.41, 5.74) is 0. The summed E-state index contributed by atoms with van der Waals surface area (Å²) in [4.78, 5) is 0. The van der Waals surface area contributed by atoms with Crippen LogP contribution in [0.25, 0.3) is 0 Å². The van der Waals surface area contributed by atoms with Crippen LogP contribution in [-0.2, 0) is 0 Å². The molecule has 0 aliphatic carbocycles. The van der Waals surface area contributed by atoms with Crippen LogP contribution in [0.1, 0.15) is 20.8 Å². The van der Waals surface area contributed by atoms with Gasteiger partial charge in [-0.2, -0.15) is 0 Å². The van der Waals surface area contributed by atoms with E-state index in [0.717, 1.165) is 11.7 Å². The third-order valence-corrected chi connectivity index (χ3v) is 2.38. The number of aliphatic hydroxyl groups excluding tert-OH is 1. The Balaban J connectivity index is 2.31. The fourth-order valence-corrected chi connectivity index (χ4v) is 1.54. The molecule has 0 unspecified atom stereocenters. The summed E-state index contributed by atoms with van der Waals surface area (Å²) < 4.78 is 18.5. The van der Waals surface area contributed by atoms with Crippen LogP contribution < -0.4 is 14.8 Å². The Morgan fingerprint density at radius 3 is 2.53 bits per heavy atom. The van der Waals surface area contributed by atoms with Crippen LogP contribution in [0.5, 0.6) is 11.8 Å². The normalized spacial score (nSPS) is 12.8. The molecule has 1 aromatic heterocycles. The van der Waals surface area contributed by atoms with E-state index in [4.69, 9.17) is 9.47 Å². The molecule has 17 heavy (non-hydrogen) atoms. The Kier molecular flexibility index (Phi) is 6.17. The van der Waals surface area contributed by atoms with Crippen LogP contribution in [0, 0.1) is 0 Å². The molecule has 2 N–H and O–H groups in total. The maximum Gasteiger partial charge on any atom is 0.291 e. The van der Waals surface area contributed by atoms with E-state index in [-0.39, 0.29) is 6.61 Å². The van der Waals surface area contributed by atoms with Crippen molar-refractivity contribution in [3.63, 3.8) is 0 Å². The monoisotopic (exact) mass is 261 g/mol. The number of aliphatic hydroxyl groups is 1. The number of nitrogens with one attached hydrogen (secondary N) is 1. The largest absolute Gasteiger partial charge is 0.473 e. The van der Waals surface area contributed by atoms with Crippen molar-refractivity contribution >= 4 is 11.7 Å². The number of hydrogen-bond acceptors (Lipinski definition) is 7. The van der Waals surface area contributed by atoms with Gasteiger partial charge in [0.25, 0.3) is 11.8 Å². The average molecular weight is 261 g/mol. The van der Waals surface area contributed by atoms with Crippen LogP contribution in [0.15, 0.2) is 0 Å². The van der Waals surface area contributed by atoms with Gasteiger partial charge < -0.3 is 19.9 Å². The van der Waals surface area contributed by atoms with Crippen molar-refractivity contribution in [3.05, 3.63) is 0 Å². The number of nitrogens with zero attached hydrogens (tertiary/aromatic N) is 2. The highest BCUT2D eigenvalue weighted by atomic mass is 32.1. The van der Waals surface area contributed by atoms with E-state index in [9.17, 15) is 5.11 Å². The smallest absolute Gasteiger partial charge is 0.291 e. The quantitative estimate of drug-likeness (QED) is 0.716. The predicted octanol–water partition coefficient (Wildman–Crippen LogP) is 0.674. The second-order valence-electron chi connectivity index (χ2n) is 3.84. The van der Waals surface area contributed by atoms with Crippen molar-refractivity contribution in [1.29, 1.82) is 0 Å². The first kappa shape index (κ1) is 14.1. The maximum atomic E-state index is 9.64. The van der Waals surface area contributed by atoms with E-state index < -0.39 is 6.10 Å². The van der Waals surface area contributed by atoms with Crippen molar-refractivity contribution in [3.8, 4) is 11.8 Å². The van der Waals surface area contributed by atoms with Gasteiger partial charge in [-0.1, -0.05) is 13.8 Å². The summed E-state index contributed by atoms with van der Waals surface area (Å²) in [6.45, 7) is 7.07. The third kappa shape index (κ3) is 5.29. The first-order valence-electron chi connectivity index (χ1n) is 5.63. The lowest BCUT2D eigenvalue weighted by atomic mass is 10.3. The zero-order valence-corrected chi connectivity index (χ0v) is 11.2. The zero-order valence-electron chi connectivity index (χ0n) is 10.3. The van der Waals surface area contributed by atoms with Gasteiger partial charge in [0.2, 0.25) is 0 Å². The molecule has 98 valence electrons. The molecule has 0 aromatic carbocycles. The zero-order chi connectivity index (χ0) is 12.7. The minimum atomic E-state index is -0.575. The molecule has 0 saturated heterocycles. The van der Waals surface area contributed by atoms with E-state index in [0.29, 0.717) is 31.0 Å². The van der Waals surface area contributed by atoms with Crippen LogP contribution in [0.2, 0.25) is 0 Å².